The number of aromatic nitrogens is 1. The third-order valence-electron chi connectivity index (χ3n) is 5.58. The van der Waals surface area contributed by atoms with Crippen molar-refractivity contribution in [3.8, 4) is 0 Å². The van der Waals surface area contributed by atoms with Gasteiger partial charge in [0.05, 0.1) is 23.6 Å². The number of urea groups is 1. The molecule has 142 valence electrons. The minimum absolute atomic E-state index is 0.129. The van der Waals surface area contributed by atoms with Crippen molar-refractivity contribution in [3.05, 3.63) is 54.4 Å². The fourth-order valence-corrected chi connectivity index (χ4v) is 3.98. The third-order valence-corrected chi connectivity index (χ3v) is 5.58. The standard InChI is InChI=1S/C21H27N5O/c1-23(2)18-10-12-25(16-18)21(27)26-14-13-24(15-17-7-5-6-11-22-17)19-8-3-4-9-20(19)26/h3-9,11,18H,10,12-16H2,1-2H3. The zero-order valence-corrected chi connectivity index (χ0v) is 16.1. The number of nitrogens with zero attached hydrogens (tertiary/aromatic N) is 5. The minimum atomic E-state index is 0.129. The Morgan fingerprint density at radius 1 is 1.07 bits per heavy atom. The van der Waals surface area contributed by atoms with Crippen molar-refractivity contribution in [2.75, 3.05) is 50.1 Å². The van der Waals surface area contributed by atoms with Gasteiger partial charge in [0.2, 0.25) is 0 Å². The van der Waals surface area contributed by atoms with Crippen LogP contribution < -0.4 is 9.80 Å². The van der Waals surface area contributed by atoms with Crippen LogP contribution in [0.15, 0.2) is 48.7 Å². The van der Waals surface area contributed by atoms with Gasteiger partial charge < -0.3 is 14.7 Å². The Morgan fingerprint density at radius 3 is 2.56 bits per heavy atom. The molecule has 0 saturated carbocycles. The summed E-state index contributed by atoms with van der Waals surface area (Å²) in [4.78, 5) is 26.1. The number of carbonyl (C=O) groups is 1. The van der Waals surface area contributed by atoms with Crippen molar-refractivity contribution in [2.45, 2.75) is 19.0 Å². The van der Waals surface area contributed by atoms with Crippen LogP contribution in [0.4, 0.5) is 16.2 Å². The molecule has 4 rings (SSSR count). The van der Waals surface area contributed by atoms with Gasteiger partial charge in [-0.3, -0.25) is 9.88 Å². The van der Waals surface area contributed by atoms with Crippen LogP contribution in [0.1, 0.15) is 12.1 Å². The number of fused-ring (bicyclic) bond motifs is 1. The fraction of sp³-hybridized carbons (Fsp3) is 0.429. The highest BCUT2D eigenvalue weighted by atomic mass is 16.2. The molecule has 2 aromatic rings. The molecule has 1 aromatic carbocycles. The first-order valence-corrected chi connectivity index (χ1v) is 9.60. The first-order valence-electron chi connectivity index (χ1n) is 9.60. The molecule has 2 aliphatic heterocycles. The Balaban J connectivity index is 1.53. The van der Waals surface area contributed by atoms with Crippen LogP contribution in [0.2, 0.25) is 0 Å². The number of pyridine rings is 1. The number of carbonyl (C=O) groups excluding carboxylic acids is 1. The van der Waals surface area contributed by atoms with Crippen molar-refractivity contribution < 1.29 is 4.79 Å². The maximum Gasteiger partial charge on any atom is 0.324 e. The van der Waals surface area contributed by atoms with Crippen molar-refractivity contribution in [1.29, 1.82) is 0 Å². The summed E-state index contributed by atoms with van der Waals surface area (Å²) in [5, 5.41) is 0. The molecule has 1 saturated heterocycles. The Hall–Kier alpha value is -2.60. The second kappa shape index (κ2) is 7.56. The largest absolute Gasteiger partial charge is 0.362 e. The molecule has 0 spiro atoms. The number of amides is 2. The van der Waals surface area contributed by atoms with Crippen LogP contribution in [0, 0.1) is 0 Å². The SMILES string of the molecule is CN(C)C1CCN(C(=O)N2CCN(Cc3ccccn3)c3ccccc32)C1. The van der Waals surface area contributed by atoms with Gasteiger partial charge in [-0.05, 0) is 44.8 Å². The van der Waals surface area contributed by atoms with E-state index in [4.69, 9.17) is 0 Å². The first-order chi connectivity index (χ1) is 13.1. The van der Waals surface area contributed by atoms with E-state index in [9.17, 15) is 4.79 Å². The lowest BCUT2D eigenvalue weighted by molar-refractivity contribution is 0.209. The molecule has 6 heteroatoms. The van der Waals surface area contributed by atoms with Gasteiger partial charge in [0.1, 0.15) is 0 Å². The first kappa shape index (κ1) is 17.8. The van der Waals surface area contributed by atoms with Crippen molar-refractivity contribution in [1.82, 2.24) is 14.8 Å². The lowest BCUT2D eigenvalue weighted by atomic mass is 10.1. The molecular weight excluding hydrogens is 338 g/mol. The number of hydrogen-bond acceptors (Lipinski definition) is 4. The smallest absolute Gasteiger partial charge is 0.324 e. The van der Waals surface area contributed by atoms with Crippen molar-refractivity contribution in [2.24, 2.45) is 0 Å². The van der Waals surface area contributed by atoms with E-state index in [1.807, 2.05) is 46.3 Å². The highest BCUT2D eigenvalue weighted by Crippen LogP contribution is 2.34. The lowest BCUT2D eigenvalue weighted by Crippen LogP contribution is -2.49. The van der Waals surface area contributed by atoms with Gasteiger partial charge in [-0.25, -0.2) is 4.79 Å². The molecule has 0 aliphatic carbocycles. The number of rotatable bonds is 3. The van der Waals surface area contributed by atoms with E-state index < -0.39 is 0 Å². The van der Waals surface area contributed by atoms with Gasteiger partial charge in [-0.1, -0.05) is 18.2 Å². The van der Waals surface area contributed by atoms with Gasteiger partial charge in [-0.2, -0.15) is 0 Å². The molecule has 0 radical (unpaired) electrons. The maximum absolute atomic E-state index is 13.2. The molecule has 1 aromatic heterocycles. The Morgan fingerprint density at radius 2 is 1.85 bits per heavy atom. The number of likely N-dealkylation sites (tertiary alicyclic amines) is 1. The molecule has 1 atom stereocenters. The predicted octanol–water partition coefficient (Wildman–Crippen LogP) is 2.66. The summed E-state index contributed by atoms with van der Waals surface area (Å²) in [6.07, 6.45) is 2.87. The molecule has 3 heterocycles. The Bertz CT molecular complexity index is 794. The molecule has 1 fully saturated rings. The highest BCUT2D eigenvalue weighted by molar-refractivity contribution is 5.97. The van der Waals surface area contributed by atoms with Crippen LogP contribution in [-0.2, 0) is 6.54 Å². The monoisotopic (exact) mass is 365 g/mol. The van der Waals surface area contributed by atoms with E-state index in [1.54, 1.807) is 0 Å². The van der Waals surface area contributed by atoms with Gasteiger partial charge in [0.15, 0.2) is 0 Å². The topological polar surface area (TPSA) is 42.9 Å². The fourth-order valence-electron chi connectivity index (χ4n) is 3.98. The zero-order valence-electron chi connectivity index (χ0n) is 16.1. The third kappa shape index (κ3) is 3.62. The molecular formula is C21H27N5O. The molecule has 0 bridgehead atoms. The van der Waals surface area contributed by atoms with E-state index in [0.717, 1.165) is 49.7 Å². The van der Waals surface area contributed by atoms with Gasteiger partial charge in [-0.15, -0.1) is 0 Å². The Kier molecular flexibility index (Phi) is 4.99. The molecule has 27 heavy (non-hydrogen) atoms. The minimum Gasteiger partial charge on any atom is -0.362 e. The average Bonchev–Trinajstić information content (AvgIpc) is 3.19. The number of para-hydroxylation sites is 2. The molecule has 1 unspecified atom stereocenters. The van der Waals surface area contributed by atoms with Crippen LogP contribution in [0.3, 0.4) is 0 Å². The number of hydrogen-bond donors (Lipinski definition) is 0. The second-order valence-corrected chi connectivity index (χ2v) is 7.52. The van der Waals surface area contributed by atoms with E-state index in [1.165, 1.54) is 0 Å². The average molecular weight is 365 g/mol. The summed E-state index contributed by atoms with van der Waals surface area (Å²) in [5.41, 5.74) is 3.14. The summed E-state index contributed by atoms with van der Waals surface area (Å²) >= 11 is 0. The second-order valence-electron chi connectivity index (χ2n) is 7.52. The molecule has 0 N–H and O–H groups in total. The van der Waals surface area contributed by atoms with Gasteiger partial charge >= 0.3 is 6.03 Å². The van der Waals surface area contributed by atoms with Crippen molar-refractivity contribution >= 4 is 17.4 Å². The quantitative estimate of drug-likeness (QED) is 0.839. The molecule has 6 nitrogen and oxygen atoms in total. The van der Waals surface area contributed by atoms with E-state index >= 15 is 0 Å². The van der Waals surface area contributed by atoms with Crippen LogP contribution >= 0.6 is 0 Å². The maximum atomic E-state index is 13.2. The Labute approximate surface area is 161 Å². The zero-order chi connectivity index (χ0) is 18.8. The highest BCUT2D eigenvalue weighted by Gasteiger charge is 2.34. The van der Waals surface area contributed by atoms with Gasteiger partial charge in [0.25, 0.3) is 0 Å². The number of anilines is 2. The van der Waals surface area contributed by atoms with E-state index in [2.05, 4.69) is 41.0 Å². The summed E-state index contributed by atoms with van der Waals surface area (Å²) < 4.78 is 0. The lowest BCUT2D eigenvalue weighted by Gasteiger charge is -2.39. The van der Waals surface area contributed by atoms with E-state index in [-0.39, 0.29) is 6.03 Å². The van der Waals surface area contributed by atoms with Crippen LogP contribution in [0.25, 0.3) is 0 Å². The van der Waals surface area contributed by atoms with Crippen LogP contribution in [-0.4, -0.2) is 67.1 Å². The number of likely N-dealkylation sites (N-methyl/N-ethyl adjacent to an activating group) is 1. The van der Waals surface area contributed by atoms with Crippen molar-refractivity contribution in [3.63, 3.8) is 0 Å². The predicted molar refractivity (Wildman–Crippen MR) is 108 cm³/mol. The van der Waals surface area contributed by atoms with Gasteiger partial charge in [0, 0.05) is 38.4 Å². The summed E-state index contributed by atoms with van der Waals surface area (Å²) in [6.45, 7) is 3.91. The van der Waals surface area contributed by atoms with Crippen LogP contribution in [0.5, 0.6) is 0 Å². The molecule has 2 aliphatic rings. The van der Waals surface area contributed by atoms with E-state index in [0.29, 0.717) is 12.6 Å². The molecule has 2 amide bonds. The summed E-state index contributed by atoms with van der Waals surface area (Å²) in [6, 6.07) is 14.8. The summed E-state index contributed by atoms with van der Waals surface area (Å²) in [5.74, 6) is 0. The normalized spacial score (nSPS) is 19.5. The number of benzene rings is 1. The summed E-state index contributed by atoms with van der Waals surface area (Å²) in [7, 11) is 4.18.